The minimum atomic E-state index is -0.280. The Balaban J connectivity index is 2.13. The molecule has 7 nitrogen and oxygen atoms in total. The Morgan fingerprint density at radius 2 is 1.83 bits per heavy atom. The molecule has 1 amide bonds. The van der Waals surface area contributed by atoms with Gasteiger partial charge in [-0.05, 0) is 52.3 Å². The van der Waals surface area contributed by atoms with Crippen molar-refractivity contribution in [3.8, 4) is 0 Å². The summed E-state index contributed by atoms with van der Waals surface area (Å²) in [6, 6.07) is 3.67. The Morgan fingerprint density at radius 1 is 1.17 bits per heavy atom. The van der Waals surface area contributed by atoms with Crippen molar-refractivity contribution < 1.29 is 4.79 Å². The molecule has 3 heterocycles. The smallest absolute Gasteiger partial charge is 0.253 e. The van der Waals surface area contributed by atoms with Crippen LogP contribution in [0.25, 0.3) is 11.0 Å². The zero-order valence-corrected chi connectivity index (χ0v) is 19.1. The largest absolute Gasteiger partial charge is 0.348 e. The van der Waals surface area contributed by atoms with Crippen LogP contribution in [0, 0.1) is 13.8 Å². The second-order valence-electron chi connectivity index (χ2n) is 9.82. The Morgan fingerprint density at radius 3 is 2.40 bits per heavy atom. The molecule has 2 N–H and O–H groups in total. The first kappa shape index (κ1) is 21.7. The van der Waals surface area contributed by atoms with E-state index >= 15 is 0 Å². The van der Waals surface area contributed by atoms with Crippen LogP contribution in [-0.2, 0) is 17.5 Å². The van der Waals surface area contributed by atoms with E-state index in [1.54, 1.807) is 6.20 Å². The molecule has 0 aromatic carbocycles. The third-order valence-corrected chi connectivity index (χ3v) is 5.18. The summed E-state index contributed by atoms with van der Waals surface area (Å²) in [5, 5.41) is 8.36. The molecule has 0 spiro atoms. The quantitative estimate of drug-likeness (QED) is 0.689. The highest BCUT2D eigenvalue weighted by Crippen LogP contribution is 2.30. The number of hydrogen-bond donors (Lipinski definition) is 2. The van der Waals surface area contributed by atoms with Crippen molar-refractivity contribution in [3.05, 3.63) is 56.8 Å². The summed E-state index contributed by atoms with van der Waals surface area (Å²) in [6.07, 6.45) is 1.61. The van der Waals surface area contributed by atoms with Crippen molar-refractivity contribution in [1.82, 2.24) is 25.1 Å². The lowest BCUT2D eigenvalue weighted by atomic mass is 9.90. The van der Waals surface area contributed by atoms with Gasteiger partial charge in [0, 0.05) is 29.4 Å². The molecule has 30 heavy (non-hydrogen) atoms. The summed E-state index contributed by atoms with van der Waals surface area (Å²) < 4.78 is 1.88. The number of amides is 1. The maximum atomic E-state index is 13.3. The first-order chi connectivity index (χ1) is 13.8. The average molecular weight is 410 g/mol. The number of H-pyrrole nitrogens is 1. The molecule has 3 aromatic rings. The van der Waals surface area contributed by atoms with Gasteiger partial charge in [-0.2, -0.15) is 5.10 Å². The van der Waals surface area contributed by atoms with E-state index in [4.69, 9.17) is 10.1 Å². The maximum Gasteiger partial charge on any atom is 0.253 e. The van der Waals surface area contributed by atoms with Gasteiger partial charge in [-0.3, -0.25) is 9.59 Å². The Bertz CT molecular complexity index is 1170. The highest BCUT2D eigenvalue weighted by atomic mass is 16.1. The van der Waals surface area contributed by atoms with E-state index in [0.717, 1.165) is 22.3 Å². The first-order valence-electron chi connectivity index (χ1n) is 10.2. The van der Waals surface area contributed by atoms with Crippen molar-refractivity contribution in [3.63, 3.8) is 0 Å². The lowest BCUT2D eigenvalue weighted by Gasteiger charge is -2.23. The lowest BCUT2D eigenvalue weighted by Crippen LogP contribution is -2.28. The highest BCUT2D eigenvalue weighted by Gasteiger charge is 2.27. The van der Waals surface area contributed by atoms with E-state index in [1.807, 2.05) is 30.7 Å². The third-order valence-electron chi connectivity index (χ3n) is 5.18. The molecule has 0 bridgehead atoms. The molecule has 3 aromatic heterocycles. The molecule has 7 heteroatoms. The summed E-state index contributed by atoms with van der Waals surface area (Å²) in [5.41, 5.74) is 3.48. The number of nitrogens with one attached hydrogen (secondary N) is 2. The van der Waals surface area contributed by atoms with Gasteiger partial charge in [-0.25, -0.2) is 9.67 Å². The van der Waals surface area contributed by atoms with E-state index in [-0.39, 0.29) is 29.0 Å². The summed E-state index contributed by atoms with van der Waals surface area (Å²) in [7, 11) is 0. The van der Waals surface area contributed by atoms with Crippen molar-refractivity contribution in [2.24, 2.45) is 0 Å². The number of aromatic nitrogens is 4. The number of aromatic amines is 1. The number of carbonyl (C=O) groups excluding carboxylic acids is 1. The summed E-state index contributed by atoms with van der Waals surface area (Å²) >= 11 is 0. The van der Waals surface area contributed by atoms with Gasteiger partial charge in [0.05, 0.1) is 22.2 Å². The van der Waals surface area contributed by atoms with E-state index in [1.165, 1.54) is 0 Å². The SMILES string of the molecule is Cc1cc[nH]c(=O)c1CNC(=O)c1cc(C(C)(C)C)nc2c1c(C)nn2C(C)(C)C. The van der Waals surface area contributed by atoms with E-state index < -0.39 is 0 Å². The predicted molar refractivity (Wildman–Crippen MR) is 119 cm³/mol. The van der Waals surface area contributed by atoms with Gasteiger partial charge in [0.1, 0.15) is 0 Å². The zero-order valence-electron chi connectivity index (χ0n) is 19.1. The standard InChI is InChI=1S/C23H31N5O2/c1-13-9-10-24-21(30)16(13)12-25-20(29)15-11-17(22(3,4)5)26-19-18(15)14(2)27-28(19)23(6,7)8/h9-11H,12H2,1-8H3,(H,24,30)(H,25,29). The van der Waals surface area contributed by atoms with Crippen LogP contribution in [0.5, 0.6) is 0 Å². The van der Waals surface area contributed by atoms with Gasteiger partial charge in [0.2, 0.25) is 0 Å². The monoisotopic (exact) mass is 409 g/mol. The number of hydrogen-bond acceptors (Lipinski definition) is 4. The lowest BCUT2D eigenvalue weighted by molar-refractivity contribution is 0.0952. The molecule has 0 aliphatic heterocycles. The predicted octanol–water partition coefficient (Wildman–Crippen LogP) is 3.72. The fourth-order valence-corrected chi connectivity index (χ4v) is 3.41. The van der Waals surface area contributed by atoms with Crippen molar-refractivity contribution >= 4 is 16.9 Å². The topological polar surface area (TPSA) is 92.7 Å². The van der Waals surface area contributed by atoms with Crippen LogP contribution < -0.4 is 10.9 Å². The second-order valence-corrected chi connectivity index (χ2v) is 9.82. The van der Waals surface area contributed by atoms with Gasteiger partial charge in [-0.15, -0.1) is 0 Å². The van der Waals surface area contributed by atoms with Gasteiger partial charge >= 0.3 is 0 Å². The number of fused-ring (bicyclic) bond motifs is 1. The van der Waals surface area contributed by atoms with Crippen LogP contribution in [0.4, 0.5) is 0 Å². The third kappa shape index (κ3) is 4.01. The van der Waals surface area contributed by atoms with Crippen LogP contribution in [0.15, 0.2) is 23.1 Å². The van der Waals surface area contributed by atoms with E-state index in [9.17, 15) is 9.59 Å². The molecule has 0 aliphatic carbocycles. The van der Waals surface area contributed by atoms with Gasteiger partial charge in [0.25, 0.3) is 11.5 Å². The van der Waals surface area contributed by atoms with E-state index in [0.29, 0.717) is 16.8 Å². The molecule has 0 unspecified atom stereocenters. The zero-order chi connectivity index (χ0) is 22.4. The Kier molecular flexibility index (Phi) is 5.35. The number of carbonyl (C=O) groups is 1. The van der Waals surface area contributed by atoms with Crippen molar-refractivity contribution in [1.29, 1.82) is 0 Å². The van der Waals surface area contributed by atoms with Crippen LogP contribution in [0.3, 0.4) is 0 Å². The molecule has 0 radical (unpaired) electrons. The average Bonchev–Trinajstić information content (AvgIpc) is 2.97. The van der Waals surface area contributed by atoms with Crippen molar-refractivity contribution in [2.75, 3.05) is 0 Å². The highest BCUT2D eigenvalue weighted by molar-refractivity contribution is 6.06. The summed E-state index contributed by atoms with van der Waals surface area (Å²) in [6.45, 7) is 16.3. The normalized spacial score (nSPS) is 12.4. The van der Waals surface area contributed by atoms with Crippen LogP contribution in [0.2, 0.25) is 0 Å². The molecule has 160 valence electrons. The molecule has 0 fully saturated rings. The second kappa shape index (κ2) is 7.38. The van der Waals surface area contributed by atoms with Gasteiger partial charge in [0.15, 0.2) is 5.65 Å². The fourth-order valence-electron chi connectivity index (χ4n) is 3.41. The van der Waals surface area contributed by atoms with Crippen LogP contribution in [0.1, 0.15) is 74.4 Å². The van der Waals surface area contributed by atoms with Crippen LogP contribution in [-0.4, -0.2) is 25.7 Å². The molecular formula is C23H31N5O2. The molecule has 0 saturated heterocycles. The number of rotatable bonds is 3. The number of aryl methyl sites for hydroxylation is 2. The number of nitrogens with zero attached hydrogens (tertiary/aromatic N) is 3. The number of pyridine rings is 2. The first-order valence-corrected chi connectivity index (χ1v) is 10.2. The minimum Gasteiger partial charge on any atom is -0.348 e. The molecule has 0 atom stereocenters. The summed E-state index contributed by atoms with van der Waals surface area (Å²) in [4.78, 5) is 32.9. The molecular weight excluding hydrogens is 378 g/mol. The van der Waals surface area contributed by atoms with Gasteiger partial charge in [-0.1, -0.05) is 20.8 Å². The maximum absolute atomic E-state index is 13.3. The molecule has 3 rings (SSSR count). The Hall–Kier alpha value is -2.96. The molecule has 0 aliphatic rings. The van der Waals surface area contributed by atoms with Gasteiger partial charge < -0.3 is 10.3 Å². The summed E-state index contributed by atoms with van der Waals surface area (Å²) in [5.74, 6) is -0.243. The van der Waals surface area contributed by atoms with Crippen LogP contribution >= 0.6 is 0 Å². The fraction of sp³-hybridized carbons (Fsp3) is 0.478. The minimum absolute atomic E-state index is 0.155. The van der Waals surface area contributed by atoms with Crippen molar-refractivity contribution in [2.45, 2.75) is 72.9 Å². The Labute approximate surface area is 176 Å². The van der Waals surface area contributed by atoms with E-state index in [2.05, 4.69) is 51.8 Å². The molecule has 0 saturated carbocycles.